The van der Waals surface area contributed by atoms with Crippen molar-refractivity contribution in [1.82, 2.24) is 10.2 Å². The molecule has 122 valence electrons. The van der Waals surface area contributed by atoms with E-state index in [-0.39, 0.29) is 0 Å². The summed E-state index contributed by atoms with van der Waals surface area (Å²) in [7, 11) is 3.59. The maximum Gasteiger partial charge on any atom is 0.193 e. The van der Waals surface area contributed by atoms with E-state index in [1.54, 1.807) is 7.11 Å². The van der Waals surface area contributed by atoms with Crippen molar-refractivity contribution in [3.05, 3.63) is 29.8 Å². The molecule has 1 aromatic rings. The summed E-state index contributed by atoms with van der Waals surface area (Å²) in [5.41, 5.74) is 1.16. The lowest BCUT2D eigenvalue weighted by molar-refractivity contribution is 0.157. The van der Waals surface area contributed by atoms with Crippen LogP contribution >= 0.6 is 0 Å². The molecule has 0 saturated carbocycles. The van der Waals surface area contributed by atoms with E-state index < -0.39 is 0 Å². The summed E-state index contributed by atoms with van der Waals surface area (Å²) in [5, 5.41) is 3.37. The first kappa shape index (κ1) is 16.6. The van der Waals surface area contributed by atoms with Crippen molar-refractivity contribution in [1.29, 1.82) is 0 Å². The molecule has 5 nitrogen and oxygen atoms in total. The minimum Gasteiger partial charge on any atom is -0.491 e. The van der Waals surface area contributed by atoms with Crippen LogP contribution in [0.4, 0.5) is 0 Å². The van der Waals surface area contributed by atoms with Crippen molar-refractivity contribution in [2.75, 3.05) is 47.0 Å². The highest BCUT2D eigenvalue weighted by Gasteiger charge is 2.24. The Morgan fingerprint density at radius 2 is 2.23 bits per heavy atom. The van der Waals surface area contributed by atoms with Gasteiger partial charge in [0, 0.05) is 33.2 Å². The topological polar surface area (TPSA) is 46.1 Å². The van der Waals surface area contributed by atoms with E-state index in [1.807, 2.05) is 25.2 Å². The number of aliphatic imine (C=N–C) groups is 1. The van der Waals surface area contributed by atoms with Gasteiger partial charge in [0.15, 0.2) is 5.96 Å². The Labute approximate surface area is 133 Å². The Morgan fingerprint density at radius 3 is 2.95 bits per heavy atom. The second-order valence-corrected chi connectivity index (χ2v) is 5.64. The summed E-state index contributed by atoms with van der Waals surface area (Å²) < 4.78 is 11.0. The number of para-hydroxylation sites is 1. The van der Waals surface area contributed by atoms with Crippen LogP contribution in [0.25, 0.3) is 0 Å². The molecule has 1 saturated heterocycles. The zero-order valence-corrected chi connectivity index (χ0v) is 13.8. The van der Waals surface area contributed by atoms with Crippen LogP contribution in [0, 0.1) is 12.8 Å². The number of hydrogen-bond donors (Lipinski definition) is 1. The van der Waals surface area contributed by atoms with Crippen LogP contribution < -0.4 is 10.1 Å². The number of ether oxygens (including phenoxy) is 2. The van der Waals surface area contributed by atoms with Crippen LogP contribution in [0.5, 0.6) is 5.75 Å². The van der Waals surface area contributed by atoms with Crippen molar-refractivity contribution in [3.63, 3.8) is 0 Å². The lowest BCUT2D eigenvalue weighted by Gasteiger charge is -2.21. The summed E-state index contributed by atoms with van der Waals surface area (Å²) in [4.78, 5) is 6.65. The molecule has 1 aliphatic rings. The highest BCUT2D eigenvalue weighted by atomic mass is 16.5. The van der Waals surface area contributed by atoms with Gasteiger partial charge in [0.1, 0.15) is 12.4 Å². The first-order valence-electron chi connectivity index (χ1n) is 7.87. The Kier molecular flexibility index (Phi) is 6.52. The van der Waals surface area contributed by atoms with Crippen LogP contribution in [0.1, 0.15) is 12.0 Å². The summed E-state index contributed by atoms with van der Waals surface area (Å²) in [6, 6.07) is 8.07. The van der Waals surface area contributed by atoms with Gasteiger partial charge in [-0.1, -0.05) is 18.2 Å². The molecular formula is C17H27N3O2. The Morgan fingerprint density at radius 1 is 1.41 bits per heavy atom. The number of rotatable bonds is 6. The number of nitrogens with zero attached hydrogens (tertiary/aromatic N) is 2. The van der Waals surface area contributed by atoms with Gasteiger partial charge in [0.25, 0.3) is 0 Å². The molecule has 1 atom stereocenters. The third-order valence-electron chi connectivity index (χ3n) is 3.94. The Bertz CT molecular complexity index is 491. The predicted octanol–water partition coefficient (Wildman–Crippen LogP) is 1.92. The molecule has 22 heavy (non-hydrogen) atoms. The fourth-order valence-electron chi connectivity index (χ4n) is 2.77. The zero-order valence-electron chi connectivity index (χ0n) is 13.8. The maximum absolute atomic E-state index is 5.80. The first-order chi connectivity index (χ1) is 10.7. The molecule has 0 amide bonds. The molecule has 0 bridgehead atoms. The molecule has 1 aromatic carbocycles. The third kappa shape index (κ3) is 4.63. The number of benzene rings is 1. The predicted molar refractivity (Wildman–Crippen MR) is 89.6 cm³/mol. The fraction of sp³-hybridized carbons (Fsp3) is 0.588. The van der Waals surface area contributed by atoms with E-state index >= 15 is 0 Å². The van der Waals surface area contributed by atoms with E-state index in [0.29, 0.717) is 12.5 Å². The van der Waals surface area contributed by atoms with Crippen molar-refractivity contribution in [2.24, 2.45) is 10.9 Å². The van der Waals surface area contributed by atoms with Gasteiger partial charge in [0.05, 0.1) is 13.2 Å². The number of hydrogen-bond acceptors (Lipinski definition) is 3. The van der Waals surface area contributed by atoms with E-state index in [2.05, 4.69) is 28.2 Å². The van der Waals surface area contributed by atoms with Gasteiger partial charge >= 0.3 is 0 Å². The smallest absolute Gasteiger partial charge is 0.193 e. The first-order valence-corrected chi connectivity index (χ1v) is 7.87. The molecule has 1 N–H and O–H groups in total. The van der Waals surface area contributed by atoms with Crippen molar-refractivity contribution in [2.45, 2.75) is 13.3 Å². The number of methoxy groups -OCH3 is 1. The van der Waals surface area contributed by atoms with Crippen LogP contribution in [0.15, 0.2) is 29.3 Å². The molecule has 1 unspecified atom stereocenters. The average Bonchev–Trinajstić information content (AvgIpc) is 2.98. The van der Waals surface area contributed by atoms with E-state index in [9.17, 15) is 0 Å². The molecule has 1 aliphatic heterocycles. The molecule has 0 aromatic heterocycles. The summed E-state index contributed by atoms with van der Waals surface area (Å²) in [6.07, 6.45) is 1.16. The van der Waals surface area contributed by atoms with Gasteiger partial charge in [-0.15, -0.1) is 0 Å². The van der Waals surface area contributed by atoms with Crippen molar-refractivity contribution >= 4 is 5.96 Å². The van der Waals surface area contributed by atoms with Crippen LogP contribution in [-0.2, 0) is 4.74 Å². The van der Waals surface area contributed by atoms with E-state index in [1.165, 1.54) is 0 Å². The maximum atomic E-state index is 5.80. The summed E-state index contributed by atoms with van der Waals surface area (Å²) in [5.74, 6) is 2.50. The molecule has 1 fully saturated rings. The van der Waals surface area contributed by atoms with Gasteiger partial charge in [-0.05, 0) is 25.0 Å². The monoisotopic (exact) mass is 305 g/mol. The van der Waals surface area contributed by atoms with Crippen LogP contribution in [0.2, 0.25) is 0 Å². The van der Waals surface area contributed by atoms with Gasteiger partial charge in [-0.25, -0.2) is 0 Å². The van der Waals surface area contributed by atoms with E-state index in [0.717, 1.165) is 49.9 Å². The normalized spacial score (nSPS) is 18.6. The lowest BCUT2D eigenvalue weighted by atomic mass is 10.1. The number of aryl methyl sites for hydroxylation is 1. The minimum absolute atomic E-state index is 0.603. The molecule has 1 heterocycles. The molecule has 0 radical (unpaired) electrons. The van der Waals surface area contributed by atoms with Crippen LogP contribution in [0.3, 0.4) is 0 Å². The highest BCUT2D eigenvalue weighted by molar-refractivity contribution is 5.80. The largest absolute Gasteiger partial charge is 0.491 e. The summed E-state index contributed by atoms with van der Waals surface area (Å²) >= 11 is 0. The van der Waals surface area contributed by atoms with Gasteiger partial charge in [-0.3, -0.25) is 4.99 Å². The molecule has 0 spiro atoms. The summed E-state index contributed by atoms with van der Waals surface area (Å²) in [6.45, 7) is 6.29. The highest BCUT2D eigenvalue weighted by Crippen LogP contribution is 2.17. The fourth-order valence-corrected chi connectivity index (χ4v) is 2.77. The minimum atomic E-state index is 0.603. The molecular weight excluding hydrogens is 278 g/mol. The zero-order chi connectivity index (χ0) is 15.8. The third-order valence-corrected chi connectivity index (χ3v) is 3.94. The second-order valence-electron chi connectivity index (χ2n) is 5.64. The van der Waals surface area contributed by atoms with E-state index in [4.69, 9.17) is 9.47 Å². The second kappa shape index (κ2) is 8.63. The Hall–Kier alpha value is -1.75. The molecule has 0 aliphatic carbocycles. The number of nitrogens with one attached hydrogen (secondary N) is 1. The standard InChI is InChI=1S/C17H27N3O2/c1-14-6-4-5-7-16(14)22-11-9-19-17(18-2)20-10-8-15(12-20)13-21-3/h4-7,15H,8-13H2,1-3H3,(H,18,19). The molecule has 5 heteroatoms. The van der Waals surface area contributed by atoms with Crippen molar-refractivity contribution < 1.29 is 9.47 Å². The quantitative estimate of drug-likeness (QED) is 0.495. The molecule has 2 rings (SSSR count). The number of likely N-dealkylation sites (tertiary alicyclic amines) is 1. The van der Waals surface area contributed by atoms with Crippen molar-refractivity contribution in [3.8, 4) is 5.75 Å². The Balaban J connectivity index is 1.72. The number of guanidine groups is 1. The van der Waals surface area contributed by atoms with Gasteiger partial charge in [-0.2, -0.15) is 0 Å². The van der Waals surface area contributed by atoms with Gasteiger partial charge in [0.2, 0.25) is 0 Å². The lowest BCUT2D eigenvalue weighted by Crippen LogP contribution is -2.41. The SMILES string of the molecule is CN=C(NCCOc1ccccc1C)N1CCC(COC)C1. The van der Waals surface area contributed by atoms with Crippen LogP contribution in [-0.4, -0.2) is 57.9 Å². The van der Waals surface area contributed by atoms with Gasteiger partial charge < -0.3 is 19.7 Å². The average molecular weight is 305 g/mol.